The molecule has 3 N–H and O–H groups in total. The van der Waals surface area contributed by atoms with E-state index in [9.17, 15) is 4.79 Å². The molecule has 0 aliphatic rings. The number of hydrogen-bond donors (Lipinski definition) is 2. The molecule has 0 aromatic heterocycles. The van der Waals surface area contributed by atoms with Crippen LogP contribution in [0.1, 0.15) is 20.8 Å². The third-order valence-corrected chi connectivity index (χ3v) is 4.25. The van der Waals surface area contributed by atoms with Gasteiger partial charge in [0.15, 0.2) is 0 Å². The van der Waals surface area contributed by atoms with Crippen molar-refractivity contribution in [3.8, 4) is 0 Å². The lowest BCUT2D eigenvalue weighted by molar-refractivity contribution is -0.137. The van der Waals surface area contributed by atoms with Gasteiger partial charge in [-0.1, -0.05) is 42.4 Å². The molecule has 0 heterocycles. The Hall–Kier alpha value is 0.420. The highest BCUT2D eigenvalue weighted by Crippen LogP contribution is 2.34. The van der Waals surface area contributed by atoms with Gasteiger partial charge in [0.2, 0.25) is 0 Å². The van der Waals surface area contributed by atoms with Crippen LogP contribution >= 0.6 is 34.0 Å². The van der Waals surface area contributed by atoms with Gasteiger partial charge < -0.3 is 10.8 Å². The van der Waals surface area contributed by atoms with Crippen molar-refractivity contribution >= 4 is 40.0 Å². The summed E-state index contributed by atoms with van der Waals surface area (Å²) in [6, 6.07) is -0.746. The molecule has 0 aliphatic carbocycles. The summed E-state index contributed by atoms with van der Waals surface area (Å²) in [7, 11) is 3.16. The lowest BCUT2D eigenvalue weighted by atomic mass is 10.3. The van der Waals surface area contributed by atoms with Gasteiger partial charge in [0, 0.05) is 10.5 Å². The molecule has 0 rings (SSSR count). The van der Waals surface area contributed by atoms with E-state index in [2.05, 4.69) is 20.8 Å². The minimum absolute atomic E-state index is 0. The molecule has 0 saturated carbocycles. The van der Waals surface area contributed by atoms with Crippen LogP contribution in [0.2, 0.25) is 0 Å². The Kier molecular flexibility index (Phi) is 8.32. The van der Waals surface area contributed by atoms with Crippen LogP contribution in [0.4, 0.5) is 0 Å². The van der Waals surface area contributed by atoms with Crippen molar-refractivity contribution in [3.05, 3.63) is 0 Å². The lowest BCUT2D eigenvalue weighted by Gasteiger charge is -2.16. The first kappa shape index (κ1) is 15.9. The molecule has 0 fully saturated rings. The summed E-state index contributed by atoms with van der Waals surface area (Å²) in [5, 5.41) is 8.46. The molecular weight excluding hydrogens is 230 g/mol. The zero-order chi connectivity index (χ0) is 9.78. The van der Waals surface area contributed by atoms with E-state index in [0.717, 1.165) is 0 Å². The molecule has 0 aromatic rings. The predicted octanol–water partition coefficient (Wildman–Crippen LogP) is 2.00. The van der Waals surface area contributed by atoms with Crippen molar-refractivity contribution < 1.29 is 9.90 Å². The largest absolute Gasteiger partial charge is 0.480 e. The molecule has 1 unspecified atom stereocenters. The summed E-state index contributed by atoms with van der Waals surface area (Å²) in [5.74, 6) is -0.478. The van der Waals surface area contributed by atoms with E-state index in [1.54, 1.807) is 10.8 Å². The van der Waals surface area contributed by atoms with Gasteiger partial charge in [0.1, 0.15) is 6.04 Å². The quantitative estimate of drug-likeness (QED) is 0.742. The number of aliphatic carboxylic acids is 1. The second-order valence-corrected chi connectivity index (χ2v) is 6.59. The molecule has 0 amide bonds. The highest BCUT2D eigenvalue weighted by molar-refractivity contribution is 8.77. The van der Waals surface area contributed by atoms with Gasteiger partial charge in [-0.25, -0.2) is 0 Å². The van der Waals surface area contributed by atoms with E-state index in [0.29, 0.717) is 5.75 Å². The number of carboxylic acids is 1. The van der Waals surface area contributed by atoms with E-state index < -0.39 is 12.0 Å². The van der Waals surface area contributed by atoms with Crippen molar-refractivity contribution in [2.75, 3.05) is 5.75 Å². The zero-order valence-corrected chi connectivity index (χ0v) is 10.4. The topological polar surface area (TPSA) is 63.3 Å². The van der Waals surface area contributed by atoms with E-state index in [1.807, 2.05) is 0 Å². The number of hydrogen-bond acceptors (Lipinski definition) is 4. The summed E-state index contributed by atoms with van der Waals surface area (Å²) in [5.41, 5.74) is 5.31. The molecule has 0 aromatic carbocycles. The summed E-state index contributed by atoms with van der Waals surface area (Å²) >= 11 is 0. The van der Waals surface area contributed by atoms with Crippen molar-refractivity contribution in [3.63, 3.8) is 0 Å². The van der Waals surface area contributed by atoms with E-state index in [-0.39, 0.29) is 17.2 Å². The zero-order valence-electron chi connectivity index (χ0n) is 7.94. The van der Waals surface area contributed by atoms with Crippen LogP contribution in [0.5, 0.6) is 0 Å². The van der Waals surface area contributed by atoms with Gasteiger partial charge in [0.05, 0.1) is 0 Å². The van der Waals surface area contributed by atoms with Crippen LogP contribution in [-0.4, -0.2) is 27.6 Å². The van der Waals surface area contributed by atoms with Crippen LogP contribution in [-0.2, 0) is 4.79 Å². The maximum Gasteiger partial charge on any atom is 0.321 e. The molecule has 3 nitrogen and oxygen atoms in total. The Bertz CT molecular complexity index is 161. The number of carboxylic acid groups (broad SMARTS) is 1. The molecule has 0 spiro atoms. The summed E-state index contributed by atoms with van der Waals surface area (Å²) in [4.78, 5) is 10.3. The molecule has 6 heteroatoms. The highest BCUT2D eigenvalue weighted by Gasteiger charge is 2.15. The SMILES string of the molecule is CC(C)(C)SSCC(N)C(=O)O.Cl. The smallest absolute Gasteiger partial charge is 0.321 e. The molecule has 0 saturated heterocycles. The van der Waals surface area contributed by atoms with Gasteiger partial charge in [-0.15, -0.1) is 12.4 Å². The van der Waals surface area contributed by atoms with Crippen LogP contribution < -0.4 is 5.73 Å². The Balaban J connectivity index is 0. The number of carbonyl (C=O) groups is 1. The summed E-state index contributed by atoms with van der Waals surface area (Å²) in [6.07, 6.45) is 0. The van der Waals surface area contributed by atoms with Crippen LogP contribution in [0.25, 0.3) is 0 Å². The first-order chi connectivity index (χ1) is 5.33. The van der Waals surface area contributed by atoms with Crippen LogP contribution in [0.15, 0.2) is 0 Å². The summed E-state index contributed by atoms with van der Waals surface area (Å²) in [6.45, 7) is 6.24. The summed E-state index contributed by atoms with van der Waals surface area (Å²) < 4.78 is 0.156. The average molecular weight is 246 g/mol. The normalized spacial score (nSPS) is 13.2. The van der Waals surface area contributed by atoms with Crippen LogP contribution in [0, 0.1) is 0 Å². The molecule has 80 valence electrons. The second kappa shape index (κ2) is 6.81. The highest BCUT2D eigenvalue weighted by atomic mass is 35.5. The number of nitrogens with two attached hydrogens (primary N) is 1. The van der Waals surface area contributed by atoms with E-state index in [1.165, 1.54) is 10.8 Å². The van der Waals surface area contributed by atoms with Gasteiger partial charge in [-0.3, -0.25) is 4.79 Å². The lowest BCUT2D eigenvalue weighted by Crippen LogP contribution is -2.32. The maximum atomic E-state index is 10.3. The Morgan fingerprint density at radius 2 is 2.00 bits per heavy atom. The monoisotopic (exact) mass is 245 g/mol. The minimum atomic E-state index is -0.933. The molecular formula is C7H16ClNO2S2. The third kappa shape index (κ3) is 10.3. The molecule has 0 radical (unpaired) electrons. The van der Waals surface area contributed by atoms with Crippen molar-refractivity contribution in [2.45, 2.75) is 31.6 Å². The molecule has 13 heavy (non-hydrogen) atoms. The average Bonchev–Trinajstić information content (AvgIpc) is 1.84. The second-order valence-electron chi connectivity index (χ2n) is 3.42. The van der Waals surface area contributed by atoms with Gasteiger partial charge in [-0.05, 0) is 0 Å². The molecule has 1 atom stereocenters. The first-order valence-electron chi connectivity index (χ1n) is 3.62. The third-order valence-electron chi connectivity index (χ3n) is 0.874. The van der Waals surface area contributed by atoms with Crippen molar-refractivity contribution in [1.29, 1.82) is 0 Å². The van der Waals surface area contributed by atoms with Gasteiger partial charge in [-0.2, -0.15) is 0 Å². The number of rotatable bonds is 4. The first-order valence-corrected chi connectivity index (χ1v) is 5.94. The van der Waals surface area contributed by atoms with Crippen molar-refractivity contribution in [1.82, 2.24) is 0 Å². The van der Waals surface area contributed by atoms with Crippen molar-refractivity contribution in [2.24, 2.45) is 5.73 Å². The fourth-order valence-corrected chi connectivity index (χ4v) is 2.77. The van der Waals surface area contributed by atoms with Crippen LogP contribution in [0.3, 0.4) is 0 Å². The molecule has 0 bridgehead atoms. The Morgan fingerprint density at radius 3 is 2.31 bits per heavy atom. The minimum Gasteiger partial charge on any atom is -0.480 e. The van der Waals surface area contributed by atoms with Gasteiger partial charge >= 0.3 is 5.97 Å². The van der Waals surface area contributed by atoms with E-state index in [4.69, 9.17) is 10.8 Å². The predicted molar refractivity (Wildman–Crippen MR) is 62.7 cm³/mol. The fourth-order valence-electron chi connectivity index (χ4n) is 0.355. The Morgan fingerprint density at radius 1 is 1.54 bits per heavy atom. The maximum absolute atomic E-state index is 10.3. The number of halogens is 1. The Labute approximate surface area is 93.0 Å². The van der Waals surface area contributed by atoms with Gasteiger partial charge in [0.25, 0.3) is 0 Å². The standard InChI is InChI=1S/C7H15NO2S2.ClH/c1-7(2,3)12-11-4-5(8)6(9)10;/h5H,4,8H2,1-3H3,(H,9,10);1H. The molecule has 0 aliphatic heterocycles. The van der Waals surface area contributed by atoms with E-state index >= 15 is 0 Å². The fraction of sp³-hybridized carbons (Fsp3) is 0.857.